The third-order valence-corrected chi connectivity index (χ3v) is 3.60. The SMILES string of the molecule is O=C(OCOC1CC1)N1C2CCC1CNC2. The second-order valence-electron chi connectivity index (χ2n) is 4.84. The van der Waals surface area contributed by atoms with Crippen molar-refractivity contribution in [1.82, 2.24) is 10.2 Å². The van der Waals surface area contributed by atoms with E-state index in [2.05, 4.69) is 5.32 Å². The Morgan fingerprint density at radius 1 is 1.19 bits per heavy atom. The summed E-state index contributed by atoms with van der Waals surface area (Å²) in [6, 6.07) is 0.652. The molecule has 5 heteroatoms. The van der Waals surface area contributed by atoms with Crippen molar-refractivity contribution in [3.05, 3.63) is 0 Å². The van der Waals surface area contributed by atoms with E-state index in [1.807, 2.05) is 4.90 Å². The number of hydrogen-bond donors (Lipinski definition) is 1. The van der Waals surface area contributed by atoms with Gasteiger partial charge in [0.05, 0.1) is 6.10 Å². The van der Waals surface area contributed by atoms with E-state index < -0.39 is 0 Å². The van der Waals surface area contributed by atoms with Crippen LogP contribution in [0.2, 0.25) is 0 Å². The molecular weight excluding hydrogens is 208 g/mol. The Morgan fingerprint density at radius 2 is 1.88 bits per heavy atom. The second-order valence-corrected chi connectivity index (χ2v) is 4.84. The number of carbonyl (C=O) groups excluding carboxylic acids is 1. The van der Waals surface area contributed by atoms with Crippen LogP contribution in [0, 0.1) is 0 Å². The van der Waals surface area contributed by atoms with Gasteiger partial charge in [-0.25, -0.2) is 4.79 Å². The van der Waals surface area contributed by atoms with Crippen molar-refractivity contribution < 1.29 is 14.3 Å². The molecule has 2 aliphatic heterocycles. The van der Waals surface area contributed by atoms with Gasteiger partial charge in [0.25, 0.3) is 0 Å². The molecule has 2 atom stereocenters. The first-order chi connectivity index (χ1) is 7.84. The summed E-state index contributed by atoms with van der Waals surface area (Å²) in [6.07, 6.45) is 4.54. The zero-order valence-corrected chi connectivity index (χ0v) is 9.35. The van der Waals surface area contributed by atoms with E-state index in [1.165, 1.54) is 0 Å². The zero-order chi connectivity index (χ0) is 11.0. The van der Waals surface area contributed by atoms with Crippen LogP contribution in [0.3, 0.4) is 0 Å². The number of hydrogen-bond acceptors (Lipinski definition) is 4. The number of rotatable bonds is 3. The van der Waals surface area contributed by atoms with E-state index in [0.717, 1.165) is 38.8 Å². The summed E-state index contributed by atoms with van der Waals surface area (Å²) in [7, 11) is 0. The maximum Gasteiger partial charge on any atom is 0.412 e. The van der Waals surface area contributed by atoms with Gasteiger partial charge in [-0.2, -0.15) is 0 Å². The van der Waals surface area contributed by atoms with Crippen molar-refractivity contribution >= 4 is 6.09 Å². The topological polar surface area (TPSA) is 50.8 Å². The van der Waals surface area contributed by atoms with Crippen LogP contribution >= 0.6 is 0 Å². The lowest BCUT2D eigenvalue weighted by molar-refractivity contribution is -0.0411. The van der Waals surface area contributed by atoms with Gasteiger partial charge in [0.15, 0.2) is 6.79 Å². The highest BCUT2D eigenvalue weighted by molar-refractivity contribution is 5.69. The standard InChI is InChI=1S/C11H18N2O3/c14-11(16-7-15-10-3-4-10)13-8-1-2-9(13)6-12-5-8/h8-10,12H,1-7H2. The van der Waals surface area contributed by atoms with Gasteiger partial charge in [-0.15, -0.1) is 0 Å². The molecule has 1 N–H and O–H groups in total. The van der Waals surface area contributed by atoms with Gasteiger partial charge < -0.3 is 14.8 Å². The van der Waals surface area contributed by atoms with E-state index in [9.17, 15) is 4.79 Å². The van der Waals surface area contributed by atoms with Gasteiger partial charge in [0, 0.05) is 25.2 Å². The molecule has 5 nitrogen and oxygen atoms in total. The Labute approximate surface area is 95.1 Å². The molecule has 0 radical (unpaired) electrons. The normalized spacial score (nSPS) is 32.9. The molecule has 0 spiro atoms. The fourth-order valence-corrected chi connectivity index (χ4v) is 2.57. The summed E-state index contributed by atoms with van der Waals surface area (Å²) >= 11 is 0. The van der Waals surface area contributed by atoms with Crippen molar-refractivity contribution in [3.8, 4) is 0 Å². The average molecular weight is 226 g/mol. The predicted octanol–water partition coefficient (Wildman–Crippen LogP) is 0.696. The first-order valence-corrected chi connectivity index (χ1v) is 6.12. The van der Waals surface area contributed by atoms with Crippen LogP contribution in [0.4, 0.5) is 4.79 Å². The first kappa shape index (κ1) is 10.4. The highest BCUT2D eigenvalue weighted by Crippen LogP contribution is 2.27. The van der Waals surface area contributed by atoms with Gasteiger partial charge in [-0.3, -0.25) is 4.90 Å². The fourth-order valence-electron chi connectivity index (χ4n) is 2.57. The molecule has 0 aromatic heterocycles. The van der Waals surface area contributed by atoms with Crippen molar-refractivity contribution in [2.75, 3.05) is 19.9 Å². The van der Waals surface area contributed by atoms with Crippen LogP contribution in [0.15, 0.2) is 0 Å². The molecule has 1 saturated carbocycles. The van der Waals surface area contributed by atoms with Gasteiger partial charge in [-0.1, -0.05) is 0 Å². The van der Waals surface area contributed by atoms with Gasteiger partial charge >= 0.3 is 6.09 Å². The molecule has 0 aromatic rings. The van der Waals surface area contributed by atoms with E-state index in [1.54, 1.807) is 0 Å². The number of ether oxygens (including phenoxy) is 2. The molecule has 2 heterocycles. The molecule has 90 valence electrons. The number of nitrogens with one attached hydrogen (secondary N) is 1. The van der Waals surface area contributed by atoms with Crippen molar-refractivity contribution in [2.45, 2.75) is 43.9 Å². The molecule has 16 heavy (non-hydrogen) atoms. The van der Waals surface area contributed by atoms with Crippen LogP contribution in [0.25, 0.3) is 0 Å². The van der Waals surface area contributed by atoms with Crippen LogP contribution < -0.4 is 5.32 Å². The van der Waals surface area contributed by atoms with Crippen molar-refractivity contribution in [3.63, 3.8) is 0 Å². The third-order valence-electron chi connectivity index (χ3n) is 3.60. The Bertz CT molecular complexity index is 264. The monoisotopic (exact) mass is 226 g/mol. The Kier molecular flexibility index (Phi) is 2.73. The van der Waals surface area contributed by atoms with Gasteiger partial charge in [0.2, 0.25) is 0 Å². The van der Waals surface area contributed by atoms with Crippen molar-refractivity contribution in [2.24, 2.45) is 0 Å². The lowest BCUT2D eigenvalue weighted by atomic mass is 10.2. The Hall–Kier alpha value is -0.810. The quantitative estimate of drug-likeness (QED) is 0.720. The van der Waals surface area contributed by atoms with Crippen LogP contribution in [-0.4, -0.2) is 49.1 Å². The molecule has 1 aliphatic carbocycles. The molecule has 0 aromatic carbocycles. The molecule has 3 rings (SSSR count). The van der Waals surface area contributed by atoms with Crippen LogP contribution in [0.1, 0.15) is 25.7 Å². The summed E-state index contributed by atoms with van der Waals surface area (Å²) in [5.41, 5.74) is 0. The van der Waals surface area contributed by atoms with E-state index >= 15 is 0 Å². The smallest absolute Gasteiger partial charge is 0.412 e. The molecular formula is C11H18N2O3. The average Bonchev–Trinajstić information content (AvgIpc) is 3.06. The van der Waals surface area contributed by atoms with Gasteiger partial charge in [0.1, 0.15) is 0 Å². The molecule has 2 unspecified atom stereocenters. The Morgan fingerprint density at radius 3 is 2.50 bits per heavy atom. The highest BCUT2D eigenvalue weighted by atomic mass is 16.7. The number of carbonyl (C=O) groups is 1. The number of piperazine rings is 1. The summed E-state index contributed by atoms with van der Waals surface area (Å²) in [5, 5.41) is 3.34. The lowest BCUT2D eigenvalue weighted by Crippen LogP contribution is -2.54. The number of nitrogens with zero attached hydrogens (tertiary/aromatic N) is 1. The van der Waals surface area contributed by atoms with E-state index in [-0.39, 0.29) is 12.9 Å². The molecule has 2 saturated heterocycles. The highest BCUT2D eigenvalue weighted by Gasteiger charge is 2.40. The minimum atomic E-state index is -0.199. The first-order valence-electron chi connectivity index (χ1n) is 6.12. The van der Waals surface area contributed by atoms with E-state index in [0.29, 0.717) is 18.2 Å². The van der Waals surface area contributed by atoms with Crippen LogP contribution in [0.5, 0.6) is 0 Å². The number of fused-ring (bicyclic) bond motifs is 2. The molecule has 3 fully saturated rings. The molecule has 1 amide bonds. The second kappa shape index (κ2) is 4.22. The van der Waals surface area contributed by atoms with Gasteiger partial charge in [-0.05, 0) is 25.7 Å². The zero-order valence-electron chi connectivity index (χ0n) is 9.35. The third kappa shape index (κ3) is 2.01. The fraction of sp³-hybridized carbons (Fsp3) is 0.909. The van der Waals surface area contributed by atoms with E-state index in [4.69, 9.17) is 9.47 Å². The predicted molar refractivity (Wildman–Crippen MR) is 57.0 cm³/mol. The summed E-state index contributed by atoms with van der Waals surface area (Å²) < 4.78 is 10.5. The number of amides is 1. The maximum absolute atomic E-state index is 11.9. The minimum Gasteiger partial charge on any atom is -0.422 e. The summed E-state index contributed by atoms with van der Waals surface area (Å²) in [5.74, 6) is 0. The maximum atomic E-state index is 11.9. The van der Waals surface area contributed by atoms with Crippen LogP contribution in [-0.2, 0) is 9.47 Å². The Balaban J connectivity index is 1.49. The summed E-state index contributed by atoms with van der Waals surface area (Å²) in [4.78, 5) is 13.8. The summed E-state index contributed by atoms with van der Waals surface area (Å²) in [6.45, 7) is 1.91. The molecule has 2 bridgehead atoms. The minimum absolute atomic E-state index is 0.118. The van der Waals surface area contributed by atoms with Crippen molar-refractivity contribution in [1.29, 1.82) is 0 Å². The largest absolute Gasteiger partial charge is 0.422 e. The molecule has 3 aliphatic rings. The lowest BCUT2D eigenvalue weighted by Gasteiger charge is -2.34.